The first-order valence-corrected chi connectivity index (χ1v) is 9.01. The minimum atomic E-state index is -0.796. The summed E-state index contributed by atoms with van der Waals surface area (Å²) >= 11 is 6.05. The normalized spacial score (nSPS) is 10.2. The van der Waals surface area contributed by atoms with Crippen LogP contribution in [0.3, 0.4) is 0 Å². The number of ether oxygens (including phenoxy) is 3. The number of hydrogen-bond acceptors (Lipinski definition) is 6. The number of methoxy groups -OCH3 is 2. The van der Waals surface area contributed by atoms with Crippen molar-refractivity contribution < 1.29 is 33.0 Å². The fourth-order valence-electron chi connectivity index (χ4n) is 2.39. The Kier molecular flexibility index (Phi) is 7.99. The van der Waals surface area contributed by atoms with Crippen LogP contribution in [0.15, 0.2) is 36.4 Å². The number of likely N-dealkylation sites (N-methyl/N-ethyl adjacent to an activating group) is 1. The van der Waals surface area contributed by atoms with Crippen LogP contribution in [0.5, 0.6) is 11.5 Å². The van der Waals surface area contributed by atoms with Gasteiger partial charge in [0.1, 0.15) is 5.82 Å². The SMILES string of the molecule is COc1cc(C(=O)OCC(=O)N(C)CC(=O)Nc2ccc(F)cc2)cc(Cl)c1OC. The van der Waals surface area contributed by atoms with Crippen LogP contribution >= 0.6 is 11.6 Å². The lowest BCUT2D eigenvalue weighted by Crippen LogP contribution is -2.37. The molecule has 0 aliphatic rings. The van der Waals surface area contributed by atoms with E-state index in [1.165, 1.54) is 57.7 Å². The van der Waals surface area contributed by atoms with Gasteiger partial charge < -0.3 is 24.4 Å². The van der Waals surface area contributed by atoms with Crippen molar-refractivity contribution in [3.8, 4) is 11.5 Å². The molecule has 0 radical (unpaired) electrons. The van der Waals surface area contributed by atoms with Crippen molar-refractivity contribution in [3.63, 3.8) is 0 Å². The van der Waals surface area contributed by atoms with E-state index < -0.39 is 30.2 Å². The maximum Gasteiger partial charge on any atom is 0.338 e. The molecular weight excluding hydrogens is 419 g/mol. The van der Waals surface area contributed by atoms with Gasteiger partial charge in [-0.05, 0) is 36.4 Å². The largest absolute Gasteiger partial charge is 0.493 e. The first-order chi connectivity index (χ1) is 14.2. The van der Waals surface area contributed by atoms with Gasteiger partial charge in [0.15, 0.2) is 18.1 Å². The number of benzene rings is 2. The summed E-state index contributed by atoms with van der Waals surface area (Å²) in [6, 6.07) is 7.89. The molecule has 0 atom stereocenters. The number of rotatable bonds is 8. The van der Waals surface area contributed by atoms with Gasteiger partial charge in [-0.1, -0.05) is 11.6 Å². The summed E-state index contributed by atoms with van der Waals surface area (Å²) in [6.07, 6.45) is 0. The Morgan fingerprint density at radius 3 is 2.37 bits per heavy atom. The van der Waals surface area contributed by atoms with Crippen molar-refractivity contribution in [2.75, 3.05) is 39.7 Å². The molecule has 2 rings (SSSR count). The molecule has 0 aliphatic heterocycles. The number of carbonyl (C=O) groups is 3. The Bertz CT molecular complexity index is 936. The lowest BCUT2D eigenvalue weighted by Gasteiger charge is -2.17. The highest BCUT2D eigenvalue weighted by atomic mass is 35.5. The topological polar surface area (TPSA) is 94.2 Å². The predicted molar refractivity (Wildman–Crippen MR) is 108 cm³/mol. The van der Waals surface area contributed by atoms with Crippen LogP contribution in [0.4, 0.5) is 10.1 Å². The smallest absolute Gasteiger partial charge is 0.338 e. The molecule has 2 amide bonds. The molecule has 0 unspecified atom stereocenters. The van der Waals surface area contributed by atoms with Crippen LogP contribution in [0, 0.1) is 5.82 Å². The summed E-state index contributed by atoms with van der Waals surface area (Å²) in [6.45, 7) is -0.860. The predicted octanol–water partition coefficient (Wildman–Crippen LogP) is 2.75. The third-order valence-electron chi connectivity index (χ3n) is 3.93. The zero-order valence-electron chi connectivity index (χ0n) is 16.5. The van der Waals surface area contributed by atoms with Crippen molar-refractivity contribution in [2.24, 2.45) is 0 Å². The molecule has 0 spiro atoms. The Morgan fingerprint density at radius 1 is 1.10 bits per heavy atom. The minimum Gasteiger partial charge on any atom is -0.493 e. The van der Waals surface area contributed by atoms with Crippen LogP contribution in [-0.2, 0) is 14.3 Å². The van der Waals surface area contributed by atoms with Gasteiger partial charge in [-0.3, -0.25) is 9.59 Å². The van der Waals surface area contributed by atoms with Gasteiger partial charge in [0.05, 0.1) is 31.4 Å². The van der Waals surface area contributed by atoms with Crippen LogP contribution in [0.25, 0.3) is 0 Å². The van der Waals surface area contributed by atoms with Crippen LogP contribution in [-0.4, -0.2) is 57.1 Å². The minimum absolute atomic E-state index is 0.0714. The zero-order valence-corrected chi connectivity index (χ0v) is 17.3. The molecule has 2 aromatic rings. The molecule has 0 aliphatic carbocycles. The maximum absolute atomic E-state index is 12.9. The summed E-state index contributed by atoms with van der Waals surface area (Å²) in [4.78, 5) is 37.5. The fourth-order valence-corrected chi connectivity index (χ4v) is 2.68. The third kappa shape index (κ3) is 6.08. The number of hydrogen-bond donors (Lipinski definition) is 1. The molecule has 8 nitrogen and oxygen atoms in total. The van der Waals surface area contributed by atoms with Gasteiger partial charge in [-0.25, -0.2) is 9.18 Å². The molecule has 0 bridgehead atoms. The second kappa shape index (κ2) is 10.4. The summed E-state index contributed by atoms with van der Waals surface area (Å²) in [5.74, 6) is -1.82. The van der Waals surface area contributed by atoms with E-state index in [-0.39, 0.29) is 28.6 Å². The number of esters is 1. The van der Waals surface area contributed by atoms with Gasteiger partial charge in [0.25, 0.3) is 5.91 Å². The molecule has 0 saturated carbocycles. The van der Waals surface area contributed by atoms with Crippen LogP contribution in [0.1, 0.15) is 10.4 Å². The molecule has 0 saturated heterocycles. The van der Waals surface area contributed by atoms with Crippen molar-refractivity contribution in [1.82, 2.24) is 4.90 Å². The number of nitrogens with zero attached hydrogens (tertiary/aromatic N) is 1. The maximum atomic E-state index is 12.9. The highest BCUT2D eigenvalue weighted by molar-refractivity contribution is 6.32. The van der Waals surface area contributed by atoms with E-state index in [9.17, 15) is 18.8 Å². The van der Waals surface area contributed by atoms with E-state index in [0.29, 0.717) is 5.69 Å². The third-order valence-corrected chi connectivity index (χ3v) is 4.21. The average molecular weight is 439 g/mol. The second-order valence-electron chi connectivity index (χ2n) is 6.07. The lowest BCUT2D eigenvalue weighted by molar-refractivity contribution is -0.136. The monoisotopic (exact) mass is 438 g/mol. The molecule has 160 valence electrons. The quantitative estimate of drug-likeness (QED) is 0.637. The van der Waals surface area contributed by atoms with Gasteiger partial charge >= 0.3 is 5.97 Å². The average Bonchev–Trinajstić information content (AvgIpc) is 2.72. The Balaban J connectivity index is 1.89. The second-order valence-corrected chi connectivity index (χ2v) is 6.48. The van der Waals surface area contributed by atoms with Gasteiger partial charge in [-0.15, -0.1) is 0 Å². The number of anilines is 1. The lowest BCUT2D eigenvalue weighted by atomic mass is 10.2. The molecule has 0 aromatic heterocycles. The van der Waals surface area contributed by atoms with E-state index in [2.05, 4.69) is 5.32 Å². The van der Waals surface area contributed by atoms with Crippen LogP contribution < -0.4 is 14.8 Å². The van der Waals surface area contributed by atoms with Crippen molar-refractivity contribution >= 4 is 35.1 Å². The molecule has 2 aromatic carbocycles. The molecular formula is C20H20ClFN2O6. The highest BCUT2D eigenvalue weighted by Crippen LogP contribution is 2.36. The summed E-state index contributed by atoms with van der Waals surface area (Å²) < 4.78 is 28.1. The number of carbonyl (C=O) groups excluding carboxylic acids is 3. The summed E-state index contributed by atoms with van der Waals surface area (Å²) in [5, 5.41) is 2.67. The fraction of sp³-hybridized carbons (Fsp3) is 0.250. The Morgan fingerprint density at radius 2 is 1.77 bits per heavy atom. The standard InChI is InChI=1S/C20H20ClFN2O6/c1-24(10-17(25)23-14-6-4-13(22)5-7-14)18(26)11-30-20(27)12-8-15(21)19(29-3)16(9-12)28-2/h4-9H,10-11H2,1-3H3,(H,23,25). The van der Waals surface area contributed by atoms with E-state index in [0.717, 1.165) is 4.90 Å². The van der Waals surface area contributed by atoms with E-state index in [1.807, 2.05) is 0 Å². The first kappa shape index (κ1) is 23.0. The molecule has 0 fully saturated rings. The van der Waals surface area contributed by atoms with Gasteiger partial charge in [0, 0.05) is 12.7 Å². The van der Waals surface area contributed by atoms with Crippen molar-refractivity contribution in [2.45, 2.75) is 0 Å². The van der Waals surface area contributed by atoms with Gasteiger partial charge in [0.2, 0.25) is 5.91 Å². The van der Waals surface area contributed by atoms with E-state index in [1.54, 1.807) is 0 Å². The molecule has 0 heterocycles. The number of amides is 2. The van der Waals surface area contributed by atoms with E-state index in [4.69, 9.17) is 25.8 Å². The van der Waals surface area contributed by atoms with Crippen LogP contribution in [0.2, 0.25) is 5.02 Å². The summed E-state index contributed by atoms with van der Waals surface area (Å²) in [7, 11) is 4.18. The number of halogens is 2. The number of nitrogens with one attached hydrogen (secondary N) is 1. The van der Waals surface area contributed by atoms with E-state index >= 15 is 0 Å². The molecule has 10 heteroatoms. The first-order valence-electron chi connectivity index (χ1n) is 8.63. The molecule has 30 heavy (non-hydrogen) atoms. The van der Waals surface area contributed by atoms with Crippen molar-refractivity contribution in [1.29, 1.82) is 0 Å². The Hall–Kier alpha value is -3.33. The summed E-state index contributed by atoms with van der Waals surface area (Å²) in [5.41, 5.74) is 0.459. The molecule has 1 N–H and O–H groups in total. The van der Waals surface area contributed by atoms with Gasteiger partial charge in [-0.2, -0.15) is 0 Å². The highest BCUT2D eigenvalue weighted by Gasteiger charge is 2.19. The van der Waals surface area contributed by atoms with Crippen molar-refractivity contribution in [3.05, 3.63) is 52.8 Å². The zero-order chi connectivity index (χ0) is 22.3. The Labute approximate surface area is 177 Å².